The van der Waals surface area contributed by atoms with Gasteiger partial charge in [0.05, 0.1) is 23.1 Å². The number of imidazole rings is 1. The molecule has 2 N–H and O–H groups in total. The molecule has 3 aliphatic rings. The molecule has 2 fully saturated rings. The van der Waals surface area contributed by atoms with E-state index < -0.39 is 5.54 Å². The van der Waals surface area contributed by atoms with E-state index in [0.717, 1.165) is 37.2 Å². The highest BCUT2D eigenvalue weighted by atomic mass is 16.2. The number of anilines is 1. The summed E-state index contributed by atoms with van der Waals surface area (Å²) >= 11 is 0. The molecule has 152 valence electrons. The molecule has 2 amide bonds. The van der Waals surface area contributed by atoms with Crippen molar-refractivity contribution in [1.82, 2.24) is 29.7 Å². The van der Waals surface area contributed by atoms with Crippen LogP contribution in [0.4, 0.5) is 5.95 Å². The fraction of sp³-hybridized carbons (Fsp3) is 0.550. The Bertz CT molecular complexity index is 927. The Kier molecular flexibility index (Phi) is 4.25. The van der Waals surface area contributed by atoms with Gasteiger partial charge in [0.1, 0.15) is 0 Å². The summed E-state index contributed by atoms with van der Waals surface area (Å²) in [5.41, 5.74) is 2.19. The third-order valence-corrected chi connectivity index (χ3v) is 6.45. The molecular weight excluding hydrogens is 370 g/mol. The Morgan fingerprint density at radius 1 is 1.14 bits per heavy atom. The van der Waals surface area contributed by atoms with E-state index in [0.29, 0.717) is 37.4 Å². The van der Waals surface area contributed by atoms with Gasteiger partial charge in [0, 0.05) is 57.1 Å². The van der Waals surface area contributed by atoms with Crippen LogP contribution in [0.2, 0.25) is 0 Å². The highest BCUT2D eigenvalue weighted by molar-refractivity contribution is 5.93. The average molecular weight is 395 g/mol. The molecule has 2 aromatic rings. The van der Waals surface area contributed by atoms with E-state index in [-0.39, 0.29) is 17.7 Å². The summed E-state index contributed by atoms with van der Waals surface area (Å²) in [5, 5.41) is 2.85. The van der Waals surface area contributed by atoms with Crippen molar-refractivity contribution in [1.29, 1.82) is 0 Å². The van der Waals surface area contributed by atoms with Gasteiger partial charge < -0.3 is 20.1 Å². The van der Waals surface area contributed by atoms with Crippen molar-refractivity contribution in [3.05, 3.63) is 35.7 Å². The fourth-order valence-electron chi connectivity index (χ4n) is 4.69. The van der Waals surface area contributed by atoms with Crippen molar-refractivity contribution in [2.75, 3.05) is 32.0 Å². The van der Waals surface area contributed by atoms with Crippen LogP contribution in [0.25, 0.3) is 0 Å². The highest BCUT2D eigenvalue weighted by Crippen LogP contribution is 2.45. The van der Waals surface area contributed by atoms with Gasteiger partial charge in [-0.25, -0.2) is 15.0 Å². The summed E-state index contributed by atoms with van der Waals surface area (Å²) in [6.07, 6.45) is 9.04. The van der Waals surface area contributed by atoms with Crippen molar-refractivity contribution in [3.8, 4) is 0 Å². The van der Waals surface area contributed by atoms with Gasteiger partial charge in [-0.1, -0.05) is 0 Å². The van der Waals surface area contributed by atoms with Crippen molar-refractivity contribution < 1.29 is 9.59 Å². The summed E-state index contributed by atoms with van der Waals surface area (Å²) < 4.78 is 0. The Balaban J connectivity index is 1.38. The zero-order valence-electron chi connectivity index (χ0n) is 16.5. The molecule has 1 saturated carbocycles. The first-order valence-electron chi connectivity index (χ1n) is 10.3. The van der Waals surface area contributed by atoms with Crippen LogP contribution >= 0.6 is 0 Å². The van der Waals surface area contributed by atoms with Gasteiger partial charge in [-0.3, -0.25) is 9.59 Å². The van der Waals surface area contributed by atoms with E-state index in [4.69, 9.17) is 0 Å². The number of nitrogens with one attached hydrogen (secondary N) is 2. The molecule has 1 saturated heterocycles. The second-order valence-corrected chi connectivity index (χ2v) is 8.11. The normalized spacial score (nSPS) is 20.4. The molecule has 0 atom stereocenters. The third-order valence-electron chi connectivity index (χ3n) is 6.45. The van der Waals surface area contributed by atoms with Gasteiger partial charge in [0.2, 0.25) is 11.9 Å². The van der Waals surface area contributed by atoms with Crippen molar-refractivity contribution in [2.24, 2.45) is 5.92 Å². The summed E-state index contributed by atoms with van der Waals surface area (Å²) in [5.74, 6) is 0.853. The molecule has 0 bridgehead atoms. The first-order valence-corrected chi connectivity index (χ1v) is 10.3. The van der Waals surface area contributed by atoms with E-state index >= 15 is 0 Å². The maximum atomic E-state index is 13.0. The number of aromatic amines is 1. The molecule has 9 nitrogen and oxygen atoms in total. The van der Waals surface area contributed by atoms with Gasteiger partial charge in [0.15, 0.2) is 0 Å². The van der Waals surface area contributed by atoms with E-state index in [1.165, 1.54) is 0 Å². The topological polar surface area (TPSA) is 107 Å². The van der Waals surface area contributed by atoms with E-state index in [2.05, 4.69) is 30.2 Å². The standard InChI is InChI=1S/C20H25N7O2/c1-21-19-22-10-14(11-23-19)17(28)26-8-5-20(6-9-26)16-15(24-12-25-16)4-7-27(20)18(29)13-2-3-13/h10-13H,2-9H2,1H3,(H,24,25)(H,21,22,23). The Labute approximate surface area is 168 Å². The number of likely N-dealkylation sites (tertiary alicyclic amines) is 1. The van der Waals surface area contributed by atoms with Gasteiger partial charge >= 0.3 is 0 Å². The molecule has 9 heteroatoms. The maximum absolute atomic E-state index is 13.0. The SMILES string of the molecule is CNc1ncc(C(=O)N2CCC3(CC2)c2nc[nH]c2CCN3C(=O)C2CC2)cn1. The maximum Gasteiger partial charge on any atom is 0.256 e. The molecule has 0 radical (unpaired) electrons. The van der Waals surface area contributed by atoms with Crippen molar-refractivity contribution in [3.63, 3.8) is 0 Å². The molecule has 29 heavy (non-hydrogen) atoms. The number of carbonyl (C=O) groups excluding carboxylic acids is 2. The number of carbonyl (C=O) groups is 2. The summed E-state index contributed by atoms with van der Waals surface area (Å²) in [7, 11) is 1.74. The number of fused-ring (bicyclic) bond motifs is 2. The van der Waals surface area contributed by atoms with Gasteiger partial charge in [-0.05, 0) is 25.7 Å². The molecule has 1 aliphatic carbocycles. The number of aromatic nitrogens is 4. The van der Waals surface area contributed by atoms with Crippen LogP contribution < -0.4 is 5.32 Å². The van der Waals surface area contributed by atoms with E-state index in [1.54, 1.807) is 25.8 Å². The first kappa shape index (κ1) is 18.1. The third kappa shape index (κ3) is 2.95. The van der Waals surface area contributed by atoms with Crippen LogP contribution in [-0.2, 0) is 16.8 Å². The first-order chi connectivity index (χ1) is 14.1. The largest absolute Gasteiger partial charge is 0.357 e. The molecular formula is C20H25N7O2. The summed E-state index contributed by atoms with van der Waals surface area (Å²) in [4.78, 5) is 46.0. The fourth-order valence-corrected chi connectivity index (χ4v) is 4.69. The minimum atomic E-state index is -0.406. The number of hydrogen-bond donors (Lipinski definition) is 2. The molecule has 4 heterocycles. The Morgan fingerprint density at radius 2 is 1.86 bits per heavy atom. The second kappa shape index (κ2) is 6.82. The quantitative estimate of drug-likeness (QED) is 0.808. The molecule has 0 unspecified atom stereocenters. The number of H-pyrrole nitrogens is 1. The lowest BCUT2D eigenvalue weighted by molar-refractivity contribution is -0.143. The minimum absolute atomic E-state index is 0.0689. The van der Waals surface area contributed by atoms with Crippen LogP contribution in [0.15, 0.2) is 18.7 Å². The highest BCUT2D eigenvalue weighted by Gasteiger charge is 2.51. The van der Waals surface area contributed by atoms with Gasteiger partial charge in [0.25, 0.3) is 5.91 Å². The lowest BCUT2D eigenvalue weighted by atomic mass is 9.78. The Morgan fingerprint density at radius 3 is 2.52 bits per heavy atom. The predicted molar refractivity (Wildman–Crippen MR) is 105 cm³/mol. The summed E-state index contributed by atoms with van der Waals surface area (Å²) in [6, 6.07) is 0. The lowest BCUT2D eigenvalue weighted by Gasteiger charge is -2.50. The van der Waals surface area contributed by atoms with Crippen molar-refractivity contribution in [2.45, 2.75) is 37.6 Å². The van der Waals surface area contributed by atoms with Crippen molar-refractivity contribution >= 4 is 17.8 Å². The minimum Gasteiger partial charge on any atom is -0.357 e. The predicted octanol–water partition coefficient (Wildman–Crippen LogP) is 1.17. The average Bonchev–Trinajstić information content (AvgIpc) is 3.50. The number of nitrogens with zero attached hydrogens (tertiary/aromatic N) is 5. The molecule has 1 spiro atoms. The monoisotopic (exact) mass is 395 g/mol. The number of amides is 2. The molecule has 0 aromatic carbocycles. The second-order valence-electron chi connectivity index (χ2n) is 8.11. The number of hydrogen-bond acceptors (Lipinski definition) is 6. The van der Waals surface area contributed by atoms with Crippen LogP contribution in [0.5, 0.6) is 0 Å². The van der Waals surface area contributed by atoms with Crippen LogP contribution in [0.1, 0.15) is 47.4 Å². The summed E-state index contributed by atoms with van der Waals surface area (Å²) in [6.45, 7) is 1.87. The number of rotatable bonds is 3. The van der Waals surface area contributed by atoms with Crippen LogP contribution in [-0.4, -0.2) is 68.2 Å². The van der Waals surface area contributed by atoms with Crippen LogP contribution in [0, 0.1) is 5.92 Å². The van der Waals surface area contributed by atoms with Gasteiger partial charge in [-0.2, -0.15) is 0 Å². The lowest BCUT2D eigenvalue weighted by Crippen LogP contribution is -2.59. The smallest absolute Gasteiger partial charge is 0.256 e. The number of piperidine rings is 1. The van der Waals surface area contributed by atoms with Crippen LogP contribution in [0.3, 0.4) is 0 Å². The zero-order valence-corrected chi connectivity index (χ0v) is 16.5. The Hall–Kier alpha value is -2.97. The molecule has 2 aromatic heterocycles. The van der Waals surface area contributed by atoms with E-state index in [9.17, 15) is 9.59 Å². The van der Waals surface area contributed by atoms with E-state index in [1.807, 2.05) is 4.90 Å². The molecule has 5 rings (SSSR count). The molecule has 2 aliphatic heterocycles. The van der Waals surface area contributed by atoms with Gasteiger partial charge in [-0.15, -0.1) is 0 Å². The zero-order chi connectivity index (χ0) is 20.0.